The van der Waals surface area contributed by atoms with Gasteiger partial charge in [-0.05, 0) is 49.8 Å². The Balaban J connectivity index is 1.88. The van der Waals surface area contributed by atoms with E-state index >= 15 is 0 Å². The second kappa shape index (κ2) is 9.22. The van der Waals surface area contributed by atoms with Crippen LogP contribution >= 0.6 is 0 Å². The van der Waals surface area contributed by atoms with E-state index in [9.17, 15) is 9.59 Å². The quantitative estimate of drug-likeness (QED) is 0.709. The molecule has 0 bridgehead atoms. The van der Waals surface area contributed by atoms with Crippen LogP contribution in [0.4, 0.5) is 0 Å². The second-order valence-electron chi connectivity index (χ2n) is 6.56. The predicted molar refractivity (Wildman–Crippen MR) is 102 cm³/mol. The van der Waals surface area contributed by atoms with Crippen LogP contribution in [0.25, 0.3) is 0 Å². The fourth-order valence-corrected chi connectivity index (χ4v) is 3.06. The fourth-order valence-electron chi connectivity index (χ4n) is 3.06. The molecule has 0 spiro atoms. The van der Waals surface area contributed by atoms with Gasteiger partial charge in [-0.3, -0.25) is 4.79 Å². The number of aryl methyl sites for hydroxylation is 1. The molecule has 1 heterocycles. The highest BCUT2D eigenvalue weighted by molar-refractivity contribution is 5.90. The van der Waals surface area contributed by atoms with E-state index < -0.39 is 0 Å². The van der Waals surface area contributed by atoms with Gasteiger partial charge in [-0.2, -0.15) is 0 Å². The lowest BCUT2D eigenvalue weighted by molar-refractivity contribution is -0.121. The van der Waals surface area contributed by atoms with E-state index in [1.165, 1.54) is 5.56 Å². The van der Waals surface area contributed by atoms with Gasteiger partial charge >= 0.3 is 5.97 Å². The van der Waals surface area contributed by atoms with Crippen LogP contribution in [-0.4, -0.2) is 30.0 Å². The van der Waals surface area contributed by atoms with Crippen molar-refractivity contribution in [2.24, 2.45) is 0 Å². The fraction of sp³-hybridized carbons (Fsp3) is 0.429. The summed E-state index contributed by atoms with van der Waals surface area (Å²) in [5, 5.41) is 3.00. The molecular weight excluding hydrogens is 328 g/mol. The Morgan fingerprint density at radius 2 is 1.88 bits per heavy atom. The number of carbonyl (C=O) groups excluding carboxylic acids is 2. The van der Waals surface area contributed by atoms with Crippen molar-refractivity contribution in [2.75, 3.05) is 13.2 Å². The van der Waals surface area contributed by atoms with Gasteiger partial charge in [0.1, 0.15) is 5.69 Å². The number of aromatic nitrogens is 1. The summed E-state index contributed by atoms with van der Waals surface area (Å²) in [6.45, 7) is 8.64. The molecule has 140 valence electrons. The molecule has 2 aromatic rings. The second-order valence-corrected chi connectivity index (χ2v) is 6.56. The number of hydrogen-bond acceptors (Lipinski definition) is 3. The average Bonchev–Trinajstić information content (AvgIpc) is 2.93. The number of carbonyl (C=O) groups is 2. The van der Waals surface area contributed by atoms with Crippen molar-refractivity contribution in [1.82, 2.24) is 10.3 Å². The Kier molecular flexibility index (Phi) is 7.01. The molecule has 0 aliphatic rings. The maximum absolute atomic E-state index is 12.2. The van der Waals surface area contributed by atoms with Crippen molar-refractivity contribution < 1.29 is 14.3 Å². The van der Waals surface area contributed by atoms with Gasteiger partial charge in [0.2, 0.25) is 5.91 Å². The summed E-state index contributed by atoms with van der Waals surface area (Å²) in [4.78, 5) is 27.2. The molecule has 0 radical (unpaired) electrons. The summed E-state index contributed by atoms with van der Waals surface area (Å²) in [6.07, 6.45) is 0.989. The molecular formula is C21H28N2O3. The highest BCUT2D eigenvalue weighted by atomic mass is 16.5. The Bertz CT molecular complexity index is 750. The number of amides is 1. The van der Waals surface area contributed by atoms with Crippen LogP contribution in [0.15, 0.2) is 30.3 Å². The third kappa shape index (κ3) is 4.97. The standard InChI is InChI=1S/C21H28N2O3/c1-5-26-21(25)20-15(3)18(16(4)23-20)11-12-19(24)22-13-14(2)17-9-7-6-8-10-17/h6-10,14,23H,5,11-13H2,1-4H3,(H,22,24)/t14-/m0/s1. The number of esters is 1. The summed E-state index contributed by atoms with van der Waals surface area (Å²) >= 11 is 0. The summed E-state index contributed by atoms with van der Waals surface area (Å²) in [5.74, 6) is -0.0581. The van der Waals surface area contributed by atoms with E-state index in [-0.39, 0.29) is 17.8 Å². The zero-order valence-electron chi connectivity index (χ0n) is 16.0. The van der Waals surface area contributed by atoms with Crippen molar-refractivity contribution in [3.8, 4) is 0 Å². The third-order valence-electron chi connectivity index (χ3n) is 4.65. The molecule has 1 aromatic carbocycles. The molecule has 2 rings (SSSR count). The maximum Gasteiger partial charge on any atom is 0.355 e. The number of rotatable bonds is 8. The van der Waals surface area contributed by atoms with Crippen LogP contribution in [0.5, 0.6) is 0 Å². The van der Waals surface area contributed by atoms with Crippen LogP contribution < -0.4 is 5.32 Å². The summed E-state index contributed by atoms with van der Waals surface area (Å²) in [5.41, 5.74) is 4.49. The van der Waals surface area contributed by atoms with E-state index in [1.54, 1.807) is 6.92 Å². The number of benzene rings is 1. The van der Waals surface area contributed by atoms with Crippen molar-refractivity contribution in [3.05, 3.63) is 58.4 Å². The Morgan fingerprint density at radius 1 is 1.19 bits per heavy atom. The van der Waals surface area contributed by atoms with Crippen molar-refractivity contribution in [2.45, 2.75) is 46.5 Å². The van der Waals surface area contributed by atoms with Gasteiger partial charge < -0.3 is 15.0 Å². The number of ether oxygens (including phenoxy) is 1. The maximum atomic E-state index is 12.2. The minimum absolute atomic E-state index is 0.0189. The minimum Gasteiger partial charge on any atom is -0.461 e. The average molecular weight is 356 g/mol. The molecule has 0 unspecified atom stereocenters. The van der Waals surface area contributed by atoms with Gasteiger partial charge in [0, 0.05) is 18.7 Å². The number of H-pyrrole nitrogens is 1. The third-order valence-corrected chi connectivity index (χ3v) is 4.65. The Morgan fingerprint density at radius 3 is 2.54 bits per heavy atom. The molecule has 5 heteroatoms. The molecule has 2 N–H and O–H groups in total. The first-order valence-corrected chi connectivity index (χ1v) is 9.10. The smallest absolute Gasteiger partial charge is 0.355 e. The van der Waals surface area contributed by atoms with Gasteiger partial charge in [-0.1, -0.05) is 37.3 Å². The number of nitrogens with one attached hydrogen (secondary N) is 2. The first kappa shape index (κ1) is 19.8. The van der Waals surface area contributed by atoms with E-state index in [0.717, 1.165) is 16.8 Å². The lowest BCUT2D eigenvalue weighted by atomic mass is 10.0. The molecule has 0 aliphatic carbocycles. The largest absolute Gasteiger partial charge is 0.461 e. The highest BCUT2D eigenvalue weighted by Crippen LogP contribution is 2.20. The zero-order valence-corrected chi connectivity index (χ0v) is 16.0. The lowest BCUT2D eigenvalue weighted by Crippen LogP contribution is -2.27. The molecule has 1 amide bonds. The molecule has 0 fully saturated rings. The van der Waals surface area contributed by atoms with Crippen molar-refractivity contribution >= 4 is 11.9 Å². The summed E-state index contributed by atoms with van der Waals surface area (Å²) in [7, 11) is 0. The van der Waals surface area contributed by atoms with Crippen LogP contribution in [0.1, 0.15) is 59.1 Å². The number of hydrogen-bond donors (Lipinski definition) is 2. The van der Waals surface area contributed by atoms with Gasteiger partial charge in [-0.25, -0.2) is 4.79 Å². The van der Waals surface area contributed by atoms with Crippen molar-refractivity contribution in [1.29, 1.82) is 0 Å². The first-order chi connectivity index (χ1) is 12.4. The molecule has 1 atom stereocenters. The summed E-state index contributed by atoms with van der Waals surface area (Å²) in [6, 6.07) is 10.1. The molecule has 1 aromatic heterocycles. The summed E-state index contributed by atoms with van der Waals surface area (Å²) < 4.78 is 5.06. The van der Waals surface area contributed by atoms with Crippen LogP contribution in [-0.2, 0) is 16.0 Å². The molecule has 26 heavy (non-hydrogen) atoms. The Hall–Kier alpha value is -2.56. The van der Waals surface area contributed by atoms with Crippen molar-refractivity contribution in [3.63, 3.8) is 0 Å². The monoisotopic (exact) mass is 356 g/mol. The normalized spacial score (nSPS) is 11.8. The van der Waals surface area contributed by atoms with Crippen LogP contribution in [0, 0.1) is 13.8 Å². The lowest BCUT2D eigenvalue weighted by Gasteiger charge is -2.13. The van der Waals surface area contributed by atoms with E-state index in [1.807, 2.05) is 32.0 Å². The van der Waals surface area contributed by atoms with E-state index in [0.29, 0.717) is 31.7 Å². The number of aromatic amines is 1. The first-order valence-electron chi connectivity index (χ1n) is 9.10. The Labute approximate surface area is 155 Å². The SMILES string of the molecule is CCOC(=O)c1[nH]c(C)c(CCC(=O)NC[C@H](C)c2ccccc2)c1C. The highest BCUT2D eigenvalue weighted by Gasteiger charge is 2.18. The van der Waals surface area contributed by atoms with Crippen LogP contribution in [0.3, 0.4) is 0 Å². The van der Waals surface area contributed by atoms with Gasteiger partial charge in [0.05, 0.1) is 6.61 Å². The van der Waals surface area contributed by atoms with E-state index in [2.05, 4.69) is 29.4 Å². The molecule has 0 saturated heterocycles. The van der Waals surface area contributed by atoms with Gasteiger partial charge in [0.15, 0.2) is 0 Å². The van der Waals surface area contributed by atoms with Gasteiger partial charge in [0.25, 0.3) is 0 Å². The topological polar surface area (TPSA) is 71.2 Å². The minimum atomic E-state index is -0.347. The molecule has 0 saturated carbocycles. The zero-order chi connectivity index (χ0) is 19.1. The van der Waals surface area contributed by atoms with Gasteiger partial charge in [-0.15, -0.1) is 0 Å². The van der Waals surface area contributed by atoms with Crippen LogP contribution in [0.2, 0.25) is 0 Å². The molecule has 5 nitrogen and oxygen atoms in total. The predicted octanol–water partition coefficient (Wildman–Crippen LogP) is 3.66. The van der Waals surface area contributed by atoms with E-state index in [4.69, 9.17) is 4.74 Å². The molecule has 0 aliphatic heterocycles.